The molecule has 0 saturated carbocycles. The molecule has 0 bridgehead atoms. The Morgan fingerprint density at radius 1 is 1.32 bits per heavy atom. The van der Waals surface area contributed by atoms with Crippen LogP contribution in [0, 0.1) is 6.92 Å². The summed E-state index contributed by atoms with van der Waals surface area (Å²) in [6, 6.07) is 4.77. The second-order valence-electron chi connectivity index (χ2n) is 4.06. The minimum atomic E-state index is 0.0267. The lowest BCUT2D eigenvalue weighted by atomic mass is 10.2. The zero-order valence-corrected chi connectivity index (χ0v) is 11.5. The maximum atomic E-state index is 9.39. The first-order chi connectivity index (χ1) is 9.15. The highest BCUT2D eigenvalue weighted by molar-refractivity contribution is 7.08. The summed E-state index contributed by atoms with van der Waals surface area (Å²) >= 11 is 7.45. The standard InChI is InChI=1S/C13H9ClN2O2S/c1-7-5-19-6-9(7)12-15-13(18-16-12)8-2-3-11(17)10(14)4-8/h2-6,17H,1H3. The molecule has 0 aliphatic heterocycles. The molecule has 0 aliphatic carbocycles. The highest BCUT2D eigenvalue weighted by atomic mass is 35.5. The van der Waals surface area contributed by atoms with Gasteiger partial charge in [-0.3, -0.25) is 0 Å². The quantitative estimate of drug-likeness (QED) is 0.771. The molecule has 0 amide bonds. The highest BCUT2D eigenvalue weighted by Crippen LogP contribution is 2.30. The fourth-order valence-corrected chi connectivity index (χ4v) is 2.69. The third kappa shape index (κ3) is 2.22. The molecule has 3 rings (SSSR count). The molecular weight excluding hydrogens is 284 g/mol. The van der Waals surface area contributed by atoms with Crippen molar-refractivity contribution in [3.63, 3.8) is 0 Å². The molecule has 0 fully saturated rings. The van der Waals surface area contributed by atoms with Gasteiger partial charge in [-0.15, -0.1) is 0 Å². The average Bonchev–Trinajstić information content (AvgIpc) is 3.01. The lowest BCUT2D eigenvalue weighted by Gasteiger charge is -1.97. The van der Waals surface area contributed by atoms with Gasteiger partial charge in [0, 0.05) is 16.5 Å². The number of phenols is 1. The number of hydrogen-bond acceptors (Lipinski definition) is 5. The maximum absolute atomic E-state index is 9.39. The van der Waals surface area contributed by atoms with Gasteiger partial charge in [-0.1, -0.05) is 16.8 Å². The van der Waals surface area contributed by atoms with E-state index in [-0.39, 0.29) is 10.8 Å². The zero-order valence-electron chi connectivity index (χ0n) is 9.92. The van der Waals surface area contributed by atoms with Gasteiger partial charge in [-0.2, -0.15) is 16.3 Å². The Kier molecular flexibility index (Phi) is 3.00. The molecule has 96 valence electrons. The molecule has 1 aromatic carbocycles. The van der Waals surface area contributed by atoms with E-state index < -0.39 is 0 Å². The first kappa shape index (κ1) is 12.2. The monoisotopic (exact) mass is 292 g/mol. The second kappa shape index (κ2) is 4.68. The number of halogens is 1. The van der Waals surface area contributed by atoms with E-state index in [9.17, 15) is 5.11 Å². The van der Waals surface area contributed by atoms with Crippen molar-refractivity contribution in [1.82, 2.24) is 10.1 Å². The van der Waals surface area contributed by atoms with Crippen molar-refractivity contribution in [3.05, 3.63) is 39.5 Å². The SMILES string of the molecule is Cc1cscc1-c1noc(-c2ccc(O)c(Cl)c2)n1. The van der Waals surface area contributed by atoms with Gasteiger partial charge in [0.25, 0.3) is 5.89 Å². The molecule has 0 radical (unpaired) electrons. The average molecular weight is 293 g/mol. The van der Waals surface area contributed by atoms with Crippen molar-refractivity contribution < 1.29 is 9.63 Å². The van der Waals surface area contributed by atoms with Gasteiger partial charge < -0.3 is 9.63 Å². The van der Waals surface area contributed by atoms with Gasteiger partial charge in [0.15, 0.2) is 0 Å². The van der Waals surface area contributed by atoms with Gasteiger partial charge in [0.2, 0.25) is 5.82 Å². The van der Waals surface area contributed by atoms with Crippen LogP contribution in [0.1, 0.15) is 5.56 Å². The van der Waals surface area contributed by atoms with Crippen molar-refractivity contribution in [2.45, 2.75) is 6.92 Å². The van der Waals surface area contributed by atoms with Crippen molar-refractivity contribution >= 4 is 22.9 Å². The van der Waals surface area contributed by atoms with E-state index >= 15 is 0 Å². The zero-order chi connectivity index (χ0) is 13.4. The fraction of sp³-hybridized carbons (Fsp3) is 0.0769. The van der Waals surface area contributed by atoms with E-state index in [2.05, 4.69) is 10.1 Å². The van der Waals surface area contributed by atoms with Crippen molar-refractivity contribution in [2.24, 2.45) is 0 Å². The summed E-state index contributed by atoms with van der Waals surface area (Å²) in [6.45, 7) is 2.00. The topological polar surface area (TPSA) is 59.2 Å². The Morgan fingerprint density at radius 3 is 2.84 bits per heavy atom. The maximum Gasteiger partial charge on any atom is 0.258 e. The molecule has 0 atom stereocenters. The number of rotatable bonds is 2. The number of benzene rings is 1. The van der Waals surface area contributed by atoms with Crippen molar-refractivity contribution in [2.75, 3.05) is 0 Å². The molecule has 3 aromatic rings. The van der Waals surface area contributed by atoms with Crippen LogP contribution < -0.4 is 0 Å². The molecule has 0 spiro atoms. The molecule has 1 N–H and O–H groups in total. The molecule has 0 unspecified atom stereocenters. The Bertz CT molecular complexity index is 736. The lowest BCUT2D eigenvalue weighted by molar-refractivity contribution is 0.432. The van der Waals surface area contributed by atoms with E-state index in [1.807, 2.05) is 17.7 Å². The predicted molar refractivity (Wildman–Crippen MR) is 74.5 cm³/mol. The van der Waals surface area contributed by atoms with Crippen LogP contribution in [0.2, 0.25) is 5.02 Å². The summed E-state index contributed by atoms with van der Waals surface area (Å²) < 4.78 is 5.23. The Balaban J connectivity index is 2.01. The molecule has 6 heteroatoms. The van der Waals surface area contributed by atoms with Crippen LogP contribution in [0.4, 0.5) is 0 Å². The fourth-order valence-electron chi connectivity index (χ4n) is 1.68. The summed E-state index contributed by atoms with van der Waals surface area (Å²) in [5, 5.41) is 17.6. The number of thiophene rings is 1. The third-order valence-corrected chi connectivity index (χ3v) is 3.88. The van der Waals surface area contributed by atoms with E-state index in [1.165, 1.54) is 6.07 Å². The van der Waals surface area contributed by atoms with Crippen LogP contribution in [-0.2, 0) is 0 Å². The normalized spacial score (nSPS) is 10.8. The summed E-state index contributed by atoms with van der Waals surface area (Å²) in [4.78, 5) is 4.34. The van der Waals surface area contributed by atoms with Crippen LogP contribution in [0.15, 0.2) is 33.5 Å². The summed E-state index contributed by atoms with van der Waals surface area (Å²) in [5.74, 6) is 0.958. The molecular formula is C13H9ClN2O2S. The van der Waals surface area contributed by atoms with Gasteiger partial charge in [0.1, 0.15) is 5.75 Å². The number of hydrogen-bond donors (Lipinski definition) is 1. The molecule has 2 heterocycles. The summed E-state index contributed by atoms with van der Waals surface area (Å²) in [6.07, 6.45) is 0. The first-order valence-corrected chi connectivity index (χ1v) is 6.83. The number of phenolic OH excluding ortho intramolecular Hbond substituents is 1. The molecule has 0 aliphatic rings. The minimum absolute atomic E-state index is 0.0267. The number of aromatic nitrogens is 2. The van der Waals surface area contributed by atoms with Crippen LogP contribution in [-0.4, -0.2) is 15.2 Å². The number of aromatic hydroxyl groups is 1. The highest BCUT2D eigenvalue weighted by Gasteiger charge is 2.13. The summed E-state index contributed by atoms with van der Waals surface area (Å²) in [7, 11) is 0. The Hall–Kier alpha value is -1.85. The van der Waals surface area contributed by atoms with Crippen LogP contribution in [0.25, 0.3) is 22.8 Å². The van der Waals surface area contributed by atoms with E-state index in [1.54, 1.807) is 23.5 Å². The molecule has 2 aromatic heterocycles. The predicted octanol–water partition coefficient (Wildman–Crippen LogP) is 4.13. The van der Waals surface area contributed by atoms with Crippen LogP contribution in [0.5, 0.6) is 5.75 Å². The third-order valence-electron chi connectivity index (χ3n) is 2.72. The van der Waals surface area contributed by atoms with E-state index in [0.717, 1.165) is 11.1 Å². The van der Waals surface area contributed by atoms with Gasteiger partial charge >= 0.3 is 0 Å². The van der Waals surface area contributed by atoms with E-state index in [0.29, 0.717) is 17.3 Å². The smallest absolute Gasteiger partial charge is 0.258 e. The molecule has 19 heavy (non-hydrogen) atoms. The van der Waals surface area contributed by atoms with Crippen LogP contribution >= 0.6 is 22.9 Å². The minimum Gasteiger partial charge on any atom is -0.506 e. The van der Waals surface area contributed by atoms with Crippen molar-refractivity contribution in [3.8, 4) is 28.6 Å². The Labute approximate surface area is 118 Å². The number of aryl methyl sites for hydroxylation is 1. The van der Waals surface area contributed by atoms with Gasteiger partial charge in [-0.05, 0) is 36.1 Å². The molecule has 4 nitrogen and oxygen atoms in total. The van der Waals surface area contributed by atoms with Gasteiger partial charge in [-0.25, -0.2) is 0 Å². The lowest BCUT2D eigenvalue weighted by Crippen LogP contribution is -1.81. The van der Waals surface area contributed by atoms with Gasteiger partial charge in [0.05, 0.1) is 5.02 Å². The first-order valence-electron chi connectivity index (χ1n) is 5.51. The summed E-state index contributed by atoms with van der Waals surface area (Å²) in [5.41, 5.74) is 2.75. The molecule has 0 saturated heterocycles. The number of nitrogens with zero attached hydrogens (tertiary/aromatic N) is 2. The van der Waals surface area contributed by atoms with Crippen LogP contribution in [0.3, 0.4) is 0 Å². The van der Waals surface area contributed by atoms with Crippen molar-refractivity contribution in [1.29, 1.82) is 0 Å². The largest absolute Gasteiger partial charge is 0.506 e. The second-order valence-corrected chi connectivity index (χ2v) is 5.21. The Morgan fingerprint density at radius 2 is 2.16 bits per heavy atom. The van der Waals surface area contributed by atoms with E-state index in [4.69, 9.17) is 16.1 Å².